The third-order valence-corrected chi connectivity index (χ3v) is 1.65. The highest BCUT2D eigenvalue weighted by Gasteiger charge is 2.09. The number of primary amides is 1. The topological polar surface area (TPSA) is 56.2 Å². The number of nitrogens with two attached hydrogens (primary N) is 1. The van der Waals surface area contributed by atoms with Crippen LogP contribution in [-0.2, 0) is 0 Å². The van der Waals surface area contributed by atoms with E-state index >= 15 is 0 Å². The summed E-state index contributed by atoms with van der Waals surface area (Å²) in [6, 6.07) is 6.25. The SMILES string of the molecule is NC(=O)c1[c]c2ccocc-2c1. The Morgan fingerprint density at radius 2 is 2.42 bits per heavy atom. The highest BCUT2D eigenvalue weighted by molar-refractivity contribution is 5.96. The molecule has 3 heteroatoms. The average Bonchev–Trinajstić information content (AvgIpc) is 2.46. The van der Waals surface area contributed by atoms with Gasteiger partial charge >= 0.3 is 0 Å². The van der Waals surface area contributed by atoms with Gasteiger partial charge in [-0.05, 0) is 17.7 Å². The van der Waals surface area contributed by atoms with E-state index < -0.39 is 5.91 Å². The molecule has 12 heavy (non-hydrogen) atoms. The van der Waals surface area contributed by atoms with E-state index in [4.69, 9.17) is 10.2 Å². The van der Waals surface area contributed by atoms with Crippen molar-refractivity contribution in [1.82, 2.24) is 0 Å². The fraction of sp³-hybridized carbons (Fsp3) is 0. The quantitative estimate of drug-likeness (QED) is 0.683. The van der Waals surface area contributed by atoms with Gasteiger partial charge in [-0.2, -0.15) is 0 Å². The van der Waals surface area contributed by atoms with Gasteiger partial charge in [-0.15, -0.1) is 0 Å². The number of fused-ring (bicyclic) bond motifs is 1. The molecule has 2 N–H and O–H groups in total. The smallest absolute Gasteiger partial charge is 0.249 e. The van der Waals surface area contributed by atoms with Crippen molar-refractivity contribution in [1.29, 1.82) is 0 Å². The monoisotopic (exact) mass is 160 g/mol. The van der Waals surface area contributed by atoms with Crippen LogP contribution in [0.1, 0.15) is 10.4 Å². The minimum Gasteiger partial charge on any atom is -0.472 e. The third kappa shape index (κ3) is 0.955. The second-order valence-corrected chi connectivity index (χ2v) is 2.47. The molecular weight excluding hydrogens is 154 g/mol. The first-order valence-corrected chi connectivity index (χ1v) is 3.45. The van der Waals surface area contributed by atoms with Crippen molar-refractivity contribution in [3.05, 3.63) is 36.3 Å². The van der Waals surface area contributed by atoms with E-state index in [-0.39, 0.29) is 0 Å². The largest absolute Gasteiger partial charge is 0.472 e. The summed E-state index contributed by atoms with van der Waals surface area (Å²) >= 11 is 0. The maximum absolute atomic E-state index is 10.7. The highest BCUT2D eigenvalue weighted by Crippen LogP contribution is 2.24. The van der Waals surface area contributed by atoms with Crippen LogP contribution in [0, 0.1) is 6.07 Å². The van der Waals surface area contributed by atoms with Gasteiger partial charge in [0.2, 0.25) is 5.91 Å². The van der Waals surface area contributed by atoms with Gasteiger partial charge in [-0.3, -0.25) is 4.79 Å². The van der Waals surface area contributed by atoms with Crippen LogP contribution in [0.4, 0.5) is 0 Å². The van der Waals surface area contributed by atoms with Crippen LogP contribution >= 0.6 is 0 Å². The summed E-state index contributed by atoms with van der Waals surface area (Å²) in [5.74, 6) is -0.466. The number of amides is 1. The number of hydrogen-bond donors (Lipinski definition) is 1. The van der Waals surface area contributed by atoms with Crippen molar-refractivity contribution in [3.8, 4) is 11.1 Å². The Morgan fingerprint density at radius 3 is 3.08 bits per heavy atom. The lowest BCUT2D eigenvalue weighted by molar-refractivity contribution is 0.100. The number of carbonyl (C=O) groups excluding carboxylic acids is 1. The molecule has 1 amide bonds. The van der Waals surface area contributed by atoms with Crippen LogP contribution in [0.3, 0.4) is 0 Å². The summed E-state index contributed by atoms with van der Waals surface area (Å²) in [6.07, 6.45) is 3.09. The molecule has 0 aromatic carbocycles. The van der Waals surface area contributed by atoms with Crippen molar-refractivity contribution < 1.29 is 9.21 Å². The molecule has 0 aromatic heterocycles. The first-order valence-electron chi connectivity index (χ1n) is 3.45. The van der Waals surface area contributed by atoms with Gasteiger partial charge in [0.1, 0.15) is 0 Å². The molecule has 1 aliphatic carbocycles. The van der Waals surface area contributed by atoms with Gasteiger partial charge in [0.05, 0.1) is 12.5 Å². The zero-order chi connectivity index (χ0) is 8.55. The molecule has 2 rings (SSSR count). The molecule has 0 unspecified atom stereocenters. The second-order valence-electron chi connectivity index (χ2n) is 2.47. The Morgan fingerprint density at radius 1 is 1.58 bits per heavy atom. The Hall–Kier alpha value is -1.77. The lowest BCUT2D eigenvalue weighted by atomic mass is 10.2. The van der Waals surface area contributed by atoms with Crippen LogP contribution in [0.2, 0.25) is 0 Å². The summed E-state index contributed by atoms with van der Waals surface area (Å²) in [6.45, 7) is 0. The first kappa shape index (κ1) is 6.91. The molecule has 1 radical (unpaired) electrons. The Balaban J connectivity index is 2.63. The molecule has 1 aliphatic heterocycles. The first-order chi connectivity index (χ1) is 5.77. The summed E-state index contributed by atoms with van der Waals surface area (Å²) in [7, 11) is 0. The number of hydrogen-bond acceptors (Lipinski definition) is 2. The van der Waals surface area contributed by atoms with E-state index in [0.717, 1.165) is 11.1 Å². The maximum atomic E-state index is 10.7. The Labute approximate surface area is 69.1 Å². The summed E-state index contributed by atoms with van der Waals surface area (Å²) < 4.78 is 4.91. The van der Waals surface area contributed by atoms with E-state index in [1.165, 1.54) is 6.26 Å². The molecule has 0 saturated heterocycles. The van der Waals surface area contributed by atoms with Gasteiger partial charge in [0, 0.05) is 17.2 Å². The molecule has 0 atom stereocenters. The zero-order valence-electron chi connectivity index (χ0n) is 6.20. The van der Waals surface area contributed by atoms with Crippen molar-refractivity contribution in [2.24, 2.45) is 5.73 Å². The van der Waals surface area contributed by atoms with E-state index in [2.05, 4.69) is 6.07 Å². The van der Waals surface area contributed by atoms with E-state index in [0.29, 0.717) is 5.56 Å². The van der Waals surface area contributed by atoms with Crippen LogP contribution in [-0.4, -0.2) is 5.91 Å². The molecule has 0 aromatic rings. The second kappa shape index (κ2) is 2.37. The fourth-order valence-corrected chi connectivity index (χ4v) is 1.07. The Kier molecular flexibility index (Phi) is 1.37. The minimum absolute atomic E-state index is 0.395. The predicted octanol–water partition coefficient (Wildman–Crippen LogP) is 1.28. The van der Waals surface area contributed by atoms with Gasteiger partial charge in [-0.25, -0.2) is 0 Å². The number of carbonyl (C=O) groups is 1. The highest BCUT2D eigenvalue weighted by atomic mass is 16.3. The molecular formula is C9H6NO2. The van der Waals surface area contributed by atoms with Gasteiger partial charge in [-0.1, -0.05) is 0 Å². The third-order valence-electron chi connectivity index (χ3n) is 1.65. The van der Waals surface area contributed by atoms with Crippen LogP contribution in [0.25, 0.3) is 11.1 Å². The van der Waals surface area contributed by atoms with Crippen LogP contribution < -0.4 is 5.73 Å². The molecule has 0 spiro atoms. The fourth-order valence-electron chi connectivity index (χ4n) is 1.07. The van der Waals surface area contributed by atoms with Gasteiger partial charge in [0.25, 0.3) is 0 Å². The predicted molar refractivity (Wildman–Crippen MR) is 42.7 cm³/mol. The van der Waals surface area contributed by atoms with Crippen LogP contribution in [0.5, 0.6) is 0 Å². The minimum atomic E-state index is -0.466. The summed E-state index contributed by atoms with van der Waals surface area (Å²) in [5.41, 5.74) is 7.15. The van der Waals surface area contributed by atoms with Crippen molar-refractivity contribution in [3.63, 3.8) is 0 Å². The zero-order valence-corrected chi connectivity index (χ0v) is 6.20. The van der Waals surface area contributed by atoms with E-state index in [1.807, 2.05) is 0 Å². The van der Waals surface area contributed by atoms with Crippen molar-refractivity contribution in [2.75, 3.05) is 0 Å². The Bertz CT molecular complexity index is 362. The molecule has 59 valence electrons. The van der Waals surface area contributed by atoms with Gasteiger partial charge in [0.15, 0.2) is 0 Å². The number of rotatable bonds is 1. The summed E-state index contributed by atoms with van der Waals surface area (Å²) in [4.78, 5) is 10.7. The summed E-state index contributed by atoms with van der Waals surface area (Å²) in [5, 5.41) is 0. The normalized spacial score (nSPS) is 10.3. The van der Waals surface area contributed by atoms with E-state index in [9.17, 15) is 4.79 Å². The maximum Gasteiger partial charge on any atom is 0.249 e. The van der Waals surface area contributed by atoms with Gasteiger partial charge < -0.3 is 10.2 Å². The molecule has 2 aliphatic rings. The lowest BCUT2D eigenvalue weighted by Gasteiger charge is -1.91. The van der Waals surface area contributed by atoms with Crippen LogP contribution in [0.15, 0.2) is 29.1 Å². The standard InChI is InChI=1S/C9H6NO2/c10-9(11)7-3-6-1-2-12-5-8(6)4-7/h1-2,4-5H,(H2,10,11). The molecule has 0 bridgehead atoms. The lowest BCUT2D eigenvalue weighted by Crippen LogP contribution is -2.09. The average molecular weight is 160 g/mol. The van der Waals surface area contributed by atoms with Crippen molar-refractivity contribution in [2.45, 2.75) is 0 Å². The van der Waals surface area contributed by atoms with Crippen molar-refractivity contribution >= 4 is 5.91 Å². The molecule has 3 nitrogen and oxygen atoms in total. The molecule has 0 saturated carbocycles. The van der Waals surface area contributed by atoms with E-state index in [1.54, 1.807) is 18.4 Å². The molecule has 1 heterocycles. The molecule has 0 fully saturated rings.